The number of hydrogen-bond donors (Lipinski definition) is 1. The highest BCUT2D eigenvalue weighted by Crippen LogP contribution is 2.20. The van der Waals surface area contributed by atoms with Crippen molar-refractivity contribution in [3.8, 4) is 5.75 Å². The third kappa shape index (κ3) is 3.75. The van der Waals surface area contributed by atoms with Gasteiger partial charge in [0.25, 0.3) is 0 Å². The summed E-state index contributed by atoms with van der Waals surface area (Å²) < 4.78 is 23.8. The van der Waals surface area contributed by atoms with Crippen LogP contribution in [0.15, 0.2) is 18.2 Å². The highest BCUT2D eigenvalue weighted by molar-refractivity contribution is 5.99. The predicted octanol–water partition coefficient (Wildman–Crippen LogP) is 1.79. The van der Waals surface area contributed by atoms with Gasteiger partial charge < -0.3 is 14.8 Å². The molecule has 1 aliphatic rings. The first-order valence-corrected chi connectivity index (χ1v) is 6.40. The van der Waals surface area contributed by atoms with Gasteiger partial charge in [0.05, 0.1) is 18.8 Å². The number of methoxy groups -OCH3 is 1. The van der Waals surface area contributed by atoms with Crippen LogP contribution in [-0.2, 0) is 4.74 Å². The molecular formula is C14H18FNO3. The second-order valence-electron chi connectivity index (χ2n) is 4.53. The summed E-state index contributed by atoms with van der Waals surface area (Å²) in [6.45, 7) is 1.77. The van der Waals surface area contributed by atoms with Crippen LogP contribution in [0.25, 0.3) is 0 Å². The van der Waals surface area contributed by atoms with Gasteiger partial charge in [0.15, 0.2) is 5.78 Å². The van der Waals surface area contributed by atoms with Gasteiger partial charge >= 0.3 is 0 Å². The van der Waals surface area contributed by atoms with Gasteiger partial charge in [-0.25, -0.2) is 4.39 Å². The Hall–Kier alpha value is -1.46. The van der Waals surface area contributed by atoms with Crippen molar-refractivity contribution in [1.29, 1.82) is 0 Å². The van der Waals surface area contributed by atoms with E-state index in [2.05, 4.69) is 5.32 Å². The highest BCUT2D eigenvalue weighted by atomic mass is 19.1. The lowest BCUT2D eigenvalue weighted by molar-refractivity contribution is 0.0316. The summed E-state index contributed by atoms with van der Waals surface area (Å²) in [5, 5.41) is 3.23. The molecule has 0 atom stereocenters. The van der Waals surface area contributed by atoms with E-state index in [4.69, 9.17) is 9.47 Å². The van der Waals surface area contributed by atoms with Gasteiger partial charge in [0, 0.05) is 0 Å². The van der Waals surface area contributed by atoms with Crippen molar-refractivity contribution in [2.45, 2.75) is 18.9 Å². The molecular weight excluding hydrogens is 249 g/mol. The van der Waals surface area contributed by atoms with Crippen molar-refractivity contribution in [2.75, 3.05) is 26.8 Å². The smallest absolute Gasteiger partial charge is 0.192 e. The van der Waals surface area contributed by atoms with Crippen LogP contribution < -0.4 is 10.1 Å². The molecule has 0 spiro atoms. The van der Waals surface area contributed by atoms with Crippen LogP contribution >= 0.6 is 0 Å². The number of Topliss-reactive ketones (excluding diaryl/α,β-unsaturated/α-hetero) is 1. The summed E-state index contributed by atoms with van der Waals surface area (Å²) in [4.78, 5) is 12.0. The van der Waals surface area contributed by atoms with Crippen molar-refractivity contribution in [1.82, 2.24) is 5.32 Å². The van der Waals surface area contributed by atoms with E-state index >= 15 is 0 Å². The molecule has 5 heteroatoms. The molecule has 0 saturated carbocycles. The lowest BCUT2D eigenvalue weighted by atomic mass is 10.1. The zero-order valence-corrected chi connectivity index (χ0v) is 10.9. The number of rotatable bonds is 5. The second-order valence-corrected chi connectivity index (χ2v) is 4.53. The number of carbonyl (C=O) groups is 1. The molecule has 1 aromatic rings. The van der Waals surface area contributed by atoms with Gasteiger partial charge in [-0.1, -0.05) is 0 Å². The standard InChI is InChI=1S/C14H18FNO3/c1-18-14-3-2-10(15)8-12(14)13(17)9-19-11-4-6-16-7-5-11/h2-3,8,11,16H,4-7,9H2,1H3. The second kappa shape index (κ2) is 6.63. The lowest BCUT2D eigenvalue weighted by Gasteiger charge is -2.22. The van der Waals surface area contributed by atoms with E-state index in [1.165, 1.54) is 25.3 Å². The fraction of sp³-hybridized carbons (Fsp3) is 0.500. The van der Waals surface area contributed by atoms with E-state index in [1.54, 1.807) is 0 Å². The summed E-state index contributed by atoms with van der Waals surface area (Å²) >= 11 is 0. The maximum atomic E-state index is 13.2. The maximum absolute atomic E-state index is 13.2. The first-order chi connectivity index (χ1) is 9.20. The largest absolute Gasteiger partial charge is 0.496 e. The molecule has 1 saturated heterocycles. The molecule has 2 rings (SSSR count). The molecule has 0 aromatic heterocycles. The SMILES string of the molecule is COc1ccc(F)cc1C(=O)COC1CCNCC1. The molecule has 1 N–H and O–H groups in total. The average Bonchev–Trinajstić information content (AvgIpc) is 2.46. The number of nitrogens with one attached hydrogen (secondary N) is 1. The average molecular weight is 267 g/mol. The van der Waals surface area contributed by atoms with Crippen LogP contribution in [0, 0.1) is 5.82 Å². The lowest BCUT2D eigenvalue weighted by Crippen LogP contribution is -2.33. The molecule has 104 valence electrons. The number of ketones is 1. The highest BCUT2D eigenvalue weighted by Gasteiger charge is 2.18. The number of carbonyl (C=O) groups excluding carboxylic acids is 1. The van der Waals surface area contributed by atoms with E-state index in [1.807, 2.05) is 0 Å². The van der Waals surface area contributed by atoms with Gasteiger partial charge in [-0.05, 0) is 44.1 Å². The van der Waals surface area contributed by atoms with Crippen LogP contribution in [0.1, 0.15) is 23.2 Å². The van der Waals surface area contributed by atoms with E-state index in [0.717, 1.165) is 25.9 Å². The number of hydrogen-bond acceptors (Lipinski definition) is 4. The third-order valence-electron chi connectivity index (χ3n) is 3.20. The molecule has 1 aromatic carbocycles. The van der Waals surface area contributed by atoms with E-state index in [9.17, 15) is 9.18 Å². The molecule has 4 nitrogen and oxygen atoms in total. The normalized spacial score (nSPS) is 16.3. The Morgan fingerprint density at radius 3 is 2.84 bits per heavy atom. The van der Waals surface area contributed by atoms with Crippen molar-refractivity contribution in [2.24, 2.45) is 0 Å². The minimum Gasteiger partial charge on any atom is -0.496 e. The van der Waals surface area contributed by atoms with Crippen LogP contribution in [0.2, 0.25) is 0 Å². The summed E-state index contributed by atoms with van der Waals surface area (Å²) in [7, 11) is 1.46. The molecule has 0 bridgehead atoms. The summed E-state index contributed by atoms with van der Waals surface area (Å²) in [6.07, 6.45) is 1.89. The summed E-state index contributed by atoms with van der Waals surface area (Å²) in [5.74, 6) is -0.332. The van der Waals surface area contributed by atoms with Gasteiger partial charge in [-0.2, -0.15) is 0 Å². The fourth-order valence-corrected chi connectivity index (χ4v) is 2.13. The Bertz CT molecular complexity index is 444. The van der Waals surface area contributed by atoms with Crippen molar-refractivity contribution in [3.63, 3.8) is 0 Å². The molecule has 1 fully saturated rings. The quantitative estimate of drug-likeness (QED) is 0.826. The number of benzene rings is 1. The molecule has 0 aliphatic carbocycles. The van der Waals surface area contributed by atoms with Gasteiger partial charge in [-0.3, -0.25) is 4.79 Å². The van der Waals surface area contributed by atoms with E-state index in [-0.39, 0.29) is 24.1 Å². The molecule has 1 aliphatic heterocycles. The van der Waals surface area contributed by atoms with Crippen molar-refractivity contribution >= 4 is 5.78 Å². The van der Waals surface area contributed by atoms with Crippen LogP contribution in [-0.4, -0.2) is 38.7 Å². The summed E-state index contributed by atoms with van der Waals surface area (Å²) in [6, 6.07) is 3.91. The van der Waals surface area contributed by atoms with Gasteiger partial charge in [0.2, 0.25) is 0 Å². The van der Waals surface area contributed by atoms with Crippen LogP contribution in [0.5, 0.6) is 5.75 Å². The Labute approximate surface area is 111 Å². The number of halogens is 1. The zero-order chi connectivity index (χ0) is 13.7. The number of piperidine rings is 1. The number of ether oxygens (including phenoxy) is 2. The molecule has 0 radical (unpaired) electrons. The Morgan fingerprint density at radius 1 is 1.42 bits per heavy atom. The van der Waals surface area contributed by atoms with E-state index < -0.39 is 5.82 Å². The first kappa shape index (κ1) is 14.0. The van der Waals surface area contributed by atoms with Gasteiger partial charge in [0.1, 0.15) is 18.2 Å². The fourth-order valence-electron chi connectivity index (χ4n) is 2.13. The Kier molecular flexibility index (Phi) is 4.87. The minimum absolute atomic E-state index is 0.0372. The van der Waals surface area contributed by atoms with Crippen LogP contribution in [0.3, 0.4) is 0 Å². The molecule has 1 heterocycles. The summed E-state index contributed by atoms with van der Waals surface area (Å²) in [5.41, 5.74) is 0.233. The molecule has 0 amide bonds. The van der Waals surface area contributed by atoms with Crippen molar-refractivity contribution in [3.05, 3.63) is 29.6 Å². The van der Waals surface area contributed by atoms with E-state index in [0.29, 0.717) is 5.75 Å². The zero-order valence-electron chi connectivity index (χ0n) is 10.9. The third-order valence-corrected chi connectivity index (χ3v) is 3.20. The van der Waals surface area contributed by atoms with Crippen molar-refractivity contribution < 1.29 is 18.7 Å². The monoisotopic (exact) mass is 267 g/mol. The first-order valence-electron chi connectivity index (χ1n) is 6.40. The predicted molar refractivity (Wildman–Crippen MR) is 69.1 cm³/mol. The van der Waals surface area contributed by atoms with Crippen LogP contribution in [0.4, 0.5) is 4.39 Å². The topological polar surface area (TPSA) is 47.6 Å². The minimum atomic E-state index is -0.453. The maximum Gasteiger partial charge on any atom is 0.192 e. The Balaban J connectivity index is 1.97. The molecule has 19 heavy (non-hydrogen) atoms. The van der Waals surface area contributed by atoms with Gasteiger partial charge in [-0.15, -0.1) is 0 Å². The Morgan fingerprint density at radius 2 is 2.16 bits per heavy atom. The molecule has 0 unspecified atom stereocenters.